The molecule has 1 rings (SSSR count). The lowest BCUT2D eigenvalue weighted by atomic mass is 9.87. The minimum atomic E-state index is -0.00150. The minimum absolute atomic E-state index is 0.00150. The molecule has 14 heavy (non-hydrogen) atoms. The van der Waals surface area contributed by atoms with E-state index in [1.807, 2.05) is 0 Å². The fourth-order valence-corrected chi connectivity index (χ4v) is 1.53. The number of aliphatic hydroxyl groups excluding tert-OH is 1. The first kappa shape index (κ1) is 11.3. The van der Waals surface area contributed by atoms with Gasteiger partial charge in [0.1, 0.15) is 0 Å². The number of urea groups is 1. The smallest absolute Gasteiger partial charge is 0.317 e. The normalized spacial score (nSPS) is 22.7. The molecule has 0 aromatic heterocycles. The molecule has 0 radical (unpaired) electrons. The lowest BCUT2D eigenvalue weighted by Crippen LogP contribution is -2.38. The Kier molecular flexibility index (Phi) is 3.37. The third kappa shape index (κ3) is 2.61. The summed E-state index contributed by atoms with van der Waals surface area (Å²) < 4.78 is 0. The molecular formula is C10H20N2O2. The van der Waals surface area contributed by atoms with E-state index in [0.717, 1.165) is 6.54 Å². The van der Waals surface area contributed by atoms with Crippen molar-refractivity contribution in [3.05, 3.63) is 0 Å². The van der Waals surface area contributed by atoms with Gasteiger partial charge >= 0.3 is 6.03 Å². The summed E-state index contributed by atoms with van der Waals surface area (Å²) in [5, 5.41) is 11.6. The van der Waals surface area contributed by atoms with Crippen LogP contribution in [0.25, 0.3) is 0 Å². The molecule has 1 unspecified atom stereocenters. The molecule has 0 bridgehead atoms. The Labute approximate surface area is 85.3 Å². The summed E-state index contributed by atoms with van der Waals surface area (Å²) >= 11 is 0. The molecule has 2 N–H and O–H groups in total. The Morgan fingerprint density at radius 2 is 2.21 bits per heavy atom. The van der Waals surface area contributed by atoms with Gasteiger partial charge in [-0.05, 0) is 11.8 Å². The van der Waals surface area contributed by atoms with Crippen molar-refractivity contribution in [2.24, 2.45) is 5.41 Å². The highest BCUT2D eigenvalue weighted by molar-refractivity contribution is 5.77. The lowest BCUT2D eigenvalue weighted by molar-refractivity contribution is 0.208. The first-order valence-corrected chi connectivity index (χ1v) is 5.11. The van der Waals surface area contributed by atoms with Gasteiger partial charge in [0.15, 0.2) is 0 Å². The second kappa shape index (κ2) is 4.17. The largest absolute Gasteiger partial charge is 0.396 e. The number of nitrogens with zero attached hydrogens (tertiary/aromatic N) is 1. The zero-order chi connectivity index (χ0) is 10.8. The number of amides is 2. The maximum absolute atomic E-state index is 11.5. The summed E-state index contributed by atoms with van der Waals surface area (Å²) in [6, 6.07) is 0.215. The van der Waals surface area contributed by atoms with Crippen LogP contribution in [-0.2, 0) is 0 Å². The Hall–Kier alpha value is -0.770. The molecule has 2 amide bonds. The molecule has 1 atom stereocenters. The van der Waals surface area contributed by atoms with Gasteiger partial charge in [-0.15, -0.1) is 0 Å². The SMILES string of the molecule is CC(C)(C)C1CN(CCCO)C(=O)N1. The fraction of sp³-hybridized carbons (Fsp3) is 0.900. The highest BCUT2D eigenvalue weighted by Crippen LogP contribution is 2.23. The van der Waals surface area contributed by atoms with Crippen LogP contribution >= 0.6 is 0 Å². The van der Waals surface area contributed by atoms with E-state index in [0.29, 0.717) is 13.0 Å². The van der Waals surface area contributed by atoms with Crippen LogP contribution in [0.15, 0.2) is 0 Å². The summed E-state index contributed by atoms with van der Waals surface area (Å²) in [5.74, 6) is 0. The van der Waals surface area contributed by atoms with Gasteiger partial charge in [-0.1, -0.05) is 20.8 Å². The highest BCUT2D eigenvalue weighted by atomic mass is 16.3. The molecule has 0 saturated carbocycles. The molecule has 1 saturated heterocycles. The number of nitrogens with one attached hydrogen (secondary N) is 1. The average molecular weight is 200 g/mol. The number of rotatable bonds is 3. The maximum Gasteiger partial charge on any atom is 0.317 e. The molecule has 4 heteroatoms. The molecule has 0 aromatic rings. The number of carbonyl (C=O) groups is 1. The molecule has 1 fully saturated rings. The van der Waals surface area contributed by atoms with E-state index < -0.39 is 0 Å². The van der Waals surface area contributed by atoms with Crippen molar-refractivity contribution in [3.63, 3.8) is 0 Å². The summed E-state index contributed by atoms with van der Waals surface area (Å²) in [5.41, 5.74) is 0.101. The zero-order valence-electron chi connectivity index (χ0n) is 9.21. The van der Waals surface area contributed by atoms with Crippen molar-refractivity contribution in [3.8, 4) is 0 Å². The van der Waals surface area contributed by atoms with Crippen LogP contribution in [0.5, 0.6) is 0 Å². The molecule has 1 aliphatic rings. The molecule has 0 spiro atoms. The van der Waals surface area contributed by atoms with Crippen LogP contribution in [-0.4, -0.2) is 41.8 Å². The predicted molar refractivity (Wildman–Crippen MR) is 55.1 cm³/mol. The number of carbonyl (C=O) groups excluding carboxylic acids is 1. The molecule has 0 aromatic carbocycles. The predicted octanol–water partition coefficient (Wildman–Crippen LogP) is 0.809. The fourth-order valence-electron chi connectivity index (χ4n) is 1.53. The highest BCUT2D eigenvalue weighted by Gasteiger charge is 2.35. The van der Waals surface area contributed by atoms with Crippen LogP contribution in [0.3, 0.4) is 0 Å². The standard InChI is InChI=1S/C10H20N2O2/c1-10(2,3)8-7-12(5-4-6-13)9(14)11-8/h8,13H,4-7H2,1-3H3,(H,11,14). The quantitative estimate of drug-likeness (QED) is 0.708. The molecule has 4 nitrogen and oxygen atoms in total. The van der Waals surface area contributed by atoms with Crippen LogP contribution in [0, 0.1) is 5.41 Å². The third-order valence-corrected chi connectivity index (χ3v) is 2.62. The van der Waals surface area contributed by atoms with Crippen LogP contribution in [0.1, 0.15) is 27.2 Å². The van der Waals surface area contributed by atoms with E-state index in [2.05, 4.69) is 26.1 Å². The molecule has 82 valence electrons. The van der Waals surface area contributed by atoms with Crippen molar-refractivity contribution in [2.75, 3.05) is 19.7 Å². The van der Waals surface area contributed by atoms with Gasteiger partial charge in [0.05, 0.1) is 6.04 Å². The second-order valence-electron chi connectivity index (χ2n) is 4.89. The first-order chi connectivity index (χ1) is 6.45. The van der Waals surface area contributed by atoms with Gasteiger partial charge in [0, 0.05) is 19.7 Å². The number of hydrogen-bond acceptors (Lipinski definition) is 2. The van der Waals surface area contributed by atoms with Crippen LogP contribution < -0.4 is 5.32 Å². The van der Waals surface area contributed by atoms with E-state index in [4.69, 9.17) is 5.11 Å². The van der Waals surface area contributed by atoms with E-state index in [1.165, 1.54) is 0 Å². The lowest BCUT2D eigenvalue weighted by Gasteiger charge is -2.25. The van der Waals surface area contributed by atoms with E-state index in [9.17, 15) is 4.79 Å². The van der Waals surface area contributed by atoms with Crippen LogP contribution in [0.4, 0.5) is 4.79 Å². The molecule has 0 aliphatic carbocycles. The first-order valence-electron chi connectivity index (χ1n) is 5.11. The summed E-state index contributed by atoms with van der Waals surface area (Å²) in [6.07, 6.45) is 0.657. The van der Waals surface area contributed by atoms with Crippen molar-refractivity contribution < 1.29 is 9.90 Å². The van der Waals surface area contributed by atoms with E-state index >= 15 is 0 Å². The summed E-state index contributed by atoms with van der Waals surface area (Å²) in [6.45, 7) is 7.90. The Bertz CT molecular complexity index is 211. The zero-order valence-corrected chi connectivity index (χ0v) is 9.21. The molecular weight excluding hydrogens is 180 g/mol. The Morgan fingerprint density at radius 3 is 2.64 bits per heavy atom. The van der Waals surface area contributed by atoms with Crippen molar-refractivity contribution in [1.82, 2.24) is 10.2 Å². The maximum atomic E-state index is 11.5. The van der Waals surface area contributed by atoms with E-state index in [1.54, 1.807) is 4.90 Å². The van der Waals surface area contributed by atoms with Crippen molar-refractivity contribution in [2.45, 2.75) is 33.2 Å². The van der Waals surface area contributed by atoms with Gasteiger partial charge in [-0.2, -0.15) is 0 Å². The van der Waals surface area contributed by atoms with Crippen molar-refractivity contribution in [1.29, 1.82) is 0 Å². The van der Waals surface area contributed by atoms with Gasteiger partial charge in [0.25, 0.3) is 0 Å². The Balaban J connectivity index is 2.47. The molecule has 1 aliphatic heterocycles. The average Bonchev–Trinajstić information content (AvgIpc) is 2.43. The summed E-state index contributed by atoms with van der Waals surface area (Å²) in [4.78, 5) is 13.2. The van der Waals surface area contributed by atoms with Gasteiger partial charge in [0.2, 0.25) is 0 Å². The topological polar surface area (TPSA) is 52.6 Å². The monoisotopic (exact) mass is 200 g/mol. The minimum Gasteiger partial charge on any atom is -0.396 e. The van der Waals surface area contributed by atoms with Crippen molar-refractivity contribution >= 4 is 6.03 Å². The number of aliphatic hydroxyl groups is 1. The van der Waals surface area contributed by atoms with E-state index in [-0.39, 0.29) is 24.1 Å². The summed E-state index contributed by atoms with van der Waals surface area (Å²) in [7, 11) is 0. The number of hydrogen-bond donors (Lipinski definition) is 2. The van der Waals surface area contributed by atoms with Gasteiger partial charge in [-0.25, -0.2) is 4.79 Å². The third-order valence-electron chi connectivity index (χ3n) is 2.62. The second-order valence-corrected chi connectivity index (χ2v) is 4.89. The van der Waals surface area contributed by atoms with Gasteiger partial charge < -0.3 is 15.3 Å². The Morgan fingerprint density at radius 1 is 1.57 bits per heavy atom. The molecule has 1 heterocycles. The van der Waals surface area contributed by atoms with Crippen LogP contribution in [0.2, 0.25) is 0 Å². The van der Waals surface area contributed by atoms with Gasteiger partial charge in [-0.3, -0.25) is 0 Å².